The lowest BCUT2D eigenvalue weighted by Crippen LogP contribution is -2.21. The Morgan fingerprint density at radius 2 is 2.00 bits per heavy atom. The monoisotopic (exact) mass is 372 g/mol. The van der Waals surface area contributed by atoms with Crippen molar-refractivity contribution in [1.82, 2.24) is 0 Å². The predicted octanol–water partition coefficient (Wildman–Crippen LogP) is 3.94. The van der Waals surface area contributed by atoms with E-state index in [2.05, 4.69) is 21.2 Å². The molecule has 3 aromatic rings. The first-order chi connectivity index (χ1) is 11.1. The number of methoxy groups -OCH3 is 1. The highest BCUT2D eigenvalue weighted by Gasteiger charge is 2.14. The number of ether oxygens (including phenoxy) is 1. The molecule has 0 spiro atoms. The summed E-state index contributed by atoms with van der Waals surface area (Å²) in [5.74, 6) is 0.115. The van der Waals surface area contributed by atoms with Gasteiger partial charge < -0.3 is 14.5 Å². The quantitative estimate of drug-likeness (QED) is 0.730. The molecule has 116 valence electrons. The molecular weight excluding hydrogens is 360 g/mol. The summed E-state index contributed by atoms with van der Waals surface area (Å²) >= 11 is 3.37. The zero-order valence-electron chi connectivity index (χ0n) is 12.2. The van der Waals surface area contributed by atoms with Crippen LogP contribution in [0.15, 0.2) is 57.4 Å². The molecule has 0 fully saturated rings. The van der Waals surface area contributed by atoms with Crippen molar-refractivity contribution in [3.63, 3.8) is 0 Å². The number of para-hydroxylation sites is 2. The van der Waals surface area contributed by atoms with E-state index < -0.39 is 5.91 Å². The number of anilines is 1. The van der Waals surface area contributed by atoms with Crippen LogP contribution in [0.5, 0.6) is 5.75 Å². The Labute approximate surface area is 140 Å². The molecule has 6 heteroatoms. The minimum absolute atomic E-state index is 0.154. The second-order valence-electron chi connectivity index (χ2n) is 4.80. The molecule has 0 aliphatic heterocycles. The molecular formula is C17H13BrN2O3. The van der Waals surface area contributed by atoms with Gasteiger partial charge in [0, 0.05) is 9.86 Å². The lowest BCUT2D eigenvalue weighted by Gasteiger charge is -2.09. The molecule has 2 N–H and O–H groups in total. The molecule has 1 amide bonds. The van der Waals surface area contributed by atoms with Gasteiger partial charge in [0.1, 0.15) is 5.56 Å². The van der Waals surface area contributed by atoms with Gasteiger partial charge >= 0.3 is 0 Å². The van der Waals surface area contributed by atoms with E-state index in [4.69, 9.17) is 14.6 Å². The van der Waals surface area contributed by atoms with E-state index in [9.17, 15) is 4.79 Å². The van der Waals surface area contributed by atoms with E-state index in [-0.39, 0.29) is 11.1 Å². The van der Waals surface area contributed by atoms with Gasteiger partial charge in [-0.15, -0.1) is 0 Å². The topological polar surface area (TPSA) is 75.3 Å². The fourth-order valence-electron chi connectivity index (χ4n) is 2.22. The maximum atomic E-state index is 12.4. The first-order valence-electron chi connectivity index (χ1n) is 6.81. The van der Waals surface area contributed by atoms with E-state index in [0.717, 1.165) is 4.47 Å². The van der Waals surface area contributed by atoms with E-state index in [1.165, 1.54) is 7.11 Å². The van der Waals surface area contributed by atoms with Crippen LogP contribution in [0.25, 0.3) is 11.0 Å². The fourth-order valence-corrected chi connectivity index (χ4v) is 2.60. The number of hydrogen-bond acceptors (Lipinski definition) is 4. The minimum atomic E-state index is -0.407. The average Bonchev–Trinajstić information content (AvgIpc) is 2.55. The number of nitrogens with one attached hydrogen (secondary N) is 2. The van der Waals surface area contributed by atoms with Crippen LogP contribution in [0.2, 0.25) is 0 Å². The highest BCUT2D eigenvalue weighted by atomic mass is 79.9. The van der Waals surface area contributed by atoms with E-state index in [0.29, 0.717) is 22.4 Å². The Morgan fingerprint density at radius 1 is 1.22 bits per heavy atom. The summed E-state index contributed by atoms with van der Waals surface area (Å²) in [6.45, 7) is 0. The molecule has 0 unspecified atom stereocenters. The number of fused-ring (bicyclic) bond motifs is 1. The smallest absolute Gasteiger partial charge is 0.261 e. The van der Waals surface area contributed by atoms with Crippen LogP contribution in [0.4, 0.5) is 5.69 Å². The van der Waals surface area contributed by atoms with Crippen molar-refractivity contribution in [2.45, 2.75) is 0 Å². The Morgan fingerprint density at radius 3 is 2.74 bits per heavy atom. The van der Waals surface area contributed by atoms with Crippen LogP contribution in [0, 0.1) is 5.41 Å². The molecule has 23 heavy (non-hydrogen) atoms. The van der Waals surface area contributed by atoms with Crippen molar-refractivity contribution >= 4 is 38.5 Å². The summed E-state index contributed by atoms with van der Waals surface area (Å²) in [5.41, 5.74) is 1.01. The van der Waals surface area contributed by atoms with Gasteiger partial charge in [-0.25, -0.2) is 0 Å². The van der Waals surface area contributed by atoms with Crippen molar-refractivity contribution in [1.29, 1.82) is 5.41 Å². The van der Waals surface area contributed by atoms with E-state index >= 15 is 0 Å². The van der Waals surface area contributed by atoms with Gasteiger partial charge in [0.15, 0.2) is 11.3 Å². The van der Waals surface area contributed by atoms with Crippen molar-refractivity contribution in [2.24, 2.45) is 0 Å². The largest absolute Gasteiger partial charge is 0.493 e. The van der Waals surface area contributed by atoms with Crippen molar-refractivity contribution in [3.05, 3.63) is 64.1 Å². The normalized spacial score (nSPS) is 10.5. The van der Waals surface area contributed by atoms with Crippen molar-refractivity contribution in [2.75, 3.05) is 12.4 Å². The summed E-state index contributed by atoms with van der Waals surface area (Å²) in [5, 5.41) is 11.4. The predicted molar refractivity (Wildman–Crippen MR) is 90.7 cm³/mol. The molecule has 1 aromatic heterocycles. The zero-order chi connectivity index (χ0) is 16.4. The van der Waals surface area contributed by atoms with Crippen molar-refractivity contribution < 1.29 is 13.9 Å². The molecule has 0 radical (unpaired) electrons. The average molecular weight is 373 g/mol. The number of benzene rings is 2. The Balaban J connectivity index is 2.03. The Bertz CT molecular complexity index is 950. The lowest BCUT2D eigenvalue weighted by molar-refractivity contribution is 0.102. The van der Waals surface area contributed by atoms with Gasteiger partial charge in [0.25, 0.3) is 5.91 Å². The van der Waals surface area contributed by atoms with E-state index in [1.807, 2.05) is 18.2 Å². The molecule has 0 aliphatic carbocycles. The molecule has 5 nitrogen and oxygen atoms in total. The van der Waals surface area contributed by atoms with E-state index in [1.54, 1.807) is 30.3 Å². The third-order valence-corrected chi connectivity index (χ3v) is 4.04. The number of halogens is 1. The third-order valence-electron chi connectivity index (χ3n) is 3.34. The van der Waals surface area contributed by atoms with Gasteiger partial charge in [-0.1, -0.05) is 24.3 Å². The van der Waals surface area contributed by atoms with Crippen LogP contribution >= 0.6 is 15.9 Å². The molecule has 0 saturated heterocycles. The highest BCUT2D eigenvalue weighted by molar-refractivity contribution is 9.10. The number of rotatable bonds is 3. The summed E-state index contributed by atoms with van der Waals surface area (Å²) in [4.78, 5) is 12.4. The number of carbonyl (C=O) groups is 1. The van der Waals surface area contributed by atoms with Crippen LogP contribution in [-0.2, 0) is 0 Å². The van der Waals surface area contributed by atoms with Crippen LogP contribution in [0.3, 0.4) is 0 Å². The number of carbonyl (C=O) groups excluding carboxylic acids is 1. The van der Waals surface area contributed by atoms with Crippen LogP contribution in [-0.4, -0.2) is 13.0 Å². The van der Waals surface area contributed by atoms with Crippen LogP contribution in [0.1, 0.15) is 10.4 Å². The lowest BCUT2D eigenvalue weighted by atomic mass is 10.1. The maximum Gasteiger partial charge on any atom is 0.261 e. The summed E-state index contributed by atoms with van der Waals surface area (Å²) in [6.07, 6.45) is 0. The SMILES string of the molecule is COc1cccc2cc(C(=O)Nc3ccccc3Br)c(=N)oc12. The van der Waals surface area contributed by atoms with Gasteiger partial charge in [-0.3, -0.25) is 10.2 Å². The highest BCUT2D eigenvalue weighted by Crippen LogP contribution is 2.25. The third kappa shape index (κ3) is 2.98. The summed E-state index contributed by atoms with van der Waals surface area (Å²) < 4.78 is 11.4. The minimum Gasteiger partial charge on any atom is -0.493 e. The molecule has 0 bridgehead atoms. The van der Waals surface area contributed by atoms with Gasteiger partial charge in [0.2, 0.25) is 5.55 Å². The number of amides is 1. The first kappa shape index (κ1) is 15.3. The molecule has 0 saturated carbocycles. The fraction of sp³-hybridized carbons (Fsp3) is 0.0588. The molecule has 3 rings (SSSR count). The van der Waals surface area contributed by atoms with Crippen molar-refractivity contribution in [3.8, 4) is 5.75 Å². The second kappa shape index (κ2) is 6.26. The summed E-state index contributed by atoms with van der Waals surface area (Å²) in [6, 6.07) is 14.2. The van der Waals surface area contributed by atoms with Crippen LogP contribution < -0.4 is 15.6 Å². The van der Waals surface area contributed by atoms with Gasteiger partial charge in [0.05, 0.1) is 12.8 Å². The standard InChI is InChI=1S/C17H13BrN2O3/c1-22-14-8-4-5-10-9-11(16(19)23-15(10)14)17(21)20-13-7-3-2-6-12(13)18/h2-9,19H,1H3,(H,20,21). The maximum absolute atomic E-state index is 12.4. The Hall–Kier alpha value is -2.60. The molecule has 2 aromatic carbocycles. The molecule has 1 heterocycles. The summed E-state index contributed by atoms with van der Waals surface area (Å²) in [7, 11) is 1.53. The van der Waals surface area contributed by atoms with Gasteiger partial charge in [-0.05, 0) is 40.2 Å². The molecule has 0 atom stereocenters. The first-order valence-corrected chi connectivity index (χ1v) is 7.61. The second-order valence-corrected chi connectivity index (χ2v) is 5.66. The molecule has 0 aliphatic rings. The number of hydrogen-bond donors (Lipinski definition) is 2. The Kier molecular flexibility index (Phi) is 4.16. The zero-order valence-corrected chi connectivity index (χ0v) is 13.8. The van der Waals surface area contributed by atoms with Gasteiger partial charge in [-0.2, -0.15) is 0 Å².